The smallest absolute Gasteiger partial charge is 0.134 e. The summed E-state index contributed by atoms with van der Waals surface area (Å²) in [5.41, 5.74) is 7.00. The highest BCUT2D eigenvalue weighted by Gasteiger charge is 2.17. The number of likely N-dealkylation sites (N-methyl/N-ethyl adjacent to an activating group) is 1. The Morgan fingerprint density at radius 1 is 1.32 bits per heavy atom. The van der Waals surface area contributed by atoms with E-state index < -0.39 is 0 Å². The van der Waals surface area contributed by atoms with E-state index in [1.54, 1.807) is 0 Å². The molecule has 0 bridgehead atoms. The molecule has 1 atom stereocenters. The number of aromatic nitrogens is 2. The van der Waals surface area contributed by atoms with Gasteiger partial charge in [0.1, 0.15) is 18.0 Å². The molecule has 1 rings (SSSR count). The zero-order valence-electron chi connectivity index (χ0n) is 12.8. The van der Waals surface area contributed by atoms with Crippen LogP contribution in [0.1, 0.15) is 32.8 Å². The number of anilines is 2. The van der Waals surface area contributed by atoms with E-state index in [1.807, 2.05) is 0 Å². The first-order chi connectivity index (χ1) is 8.95. The third kappa shape index (κ3) is 4.67. The summed E-state index contributed by atoms with van der Waals surface area (Å²) in [4.78, 5) is 10.6. The fraction of sp³-hybridized carbons (Fsp3) is 0.714. The second-order valence-corrected chi connectivity index (χ2v) is 5.59. The number of nitrogens with two attached hydrogens (primary N) is 1. The van der Waals surface area contributed by atoms with Gasteiger partial charge in [0.15, 0.2) is 0 Å². The molecule has 0 spiro atoms. The summed E-state index contributed by atoms with van der Waals surface area (Å²) in [6.07, 6.45) is 3.47. The third-order valence-corrected chi connectivity index (χ3v) is 3.17. The summed E-state index contributed by atoms with van der Waals surface area (Å²) < 4.78 is 0. The number of nitrogens with zero attached hydrogens (tertiary/aromatic N) is 3. The van der Waals surface area contributed by atoms with E-state index in [4.69, 9.17) is 5.73 Å². The molecule has 0 radical (unpaired) electrons. The van der Waals surface area contributed by atoms with Crippen LogP contribution in [0, 0.1) is 5.92 Å². The molecule has 3 N–H and O–H groups in total. The van der Waals surface area contributed by atoms with Crippen molar-refractivity contribution in [1.82, 2.24) is 14.9 Å². The topological polar surface area (TPSA) is 67.1 Å². The Morgan fingerprint density at radius 3 is 2.53 bits per heavy atom. The molecule has 108 valence electrons. The van der Waals surface area contributed by atoms with Crippen LogP contribution in [0.15, 0.2) is 6.33 Å². The van der Waals surface area contributed by atoms with Gasteiger partial charge in [-0.3, -0.25) is 0 Å². The van der Waals surface area contributed by atoms with Gasteiger partial charge in [0.2, 0.25) is 0 Å². The average molecular weight is 265 g/mol. The van der Waals surface area contributed by atoms with Crippen molar-refractivity contribution in [2.45, 2.75) is 39.7 Å². The Labute approximate surface area is 116 Å². The average Bonchev–Trinajstić information content (AvgIpc) is 2.32. The number of nitrogens with one attached hydrogen (secondary N) is 1. The second kappa shape index (κ2) is 7.28. The van der Waals surface area contributed by atoms with Crippen molar-refractivity contribution in [2.75, 3.05) is 31.7 Å². The maximum atomic E-state index is 5.96. The molecule has 0 amide bonds. The van der Waals surface area contributed by atoms with Crippen molar-refractivity contribution < 1.29 is 0 Å². The number of hydrogen-bond acceptors (Lipinski definition) is 5. The van der Waals surface area contributed by atoms with Crippen molar-refractivity contribution in [3.05, 3.63) is 11.9 Å². The van der Waals surface area contributed by atoms with Gasteiger partial charge < -0.3 is 16.0 Å². The van der Waals surface area contributed by atoms with Gasteiger partial charge in [0.25, 0.3) is 0 Å². The maximum absolute atomic E-state index is 5.96. The Hall–Kier alpha value is -1.36. The van der Waals surface area contributed by atoms with Crippen LogP contribution < -0.4 is 11.1 Å². The summed E-state index contributed by atoms with van der Waals surface area (Å²) in [5, 5.41) is 3.53. The van der Waals surface area contributed by atoms with Gasteiger partial charge in [-0.2, -0.15) is 0 Å². The van der Waals surface area contributed by atoms with Crippen molar-refractivity contribution in [1.29, 1.82) is 0 Å². The van der Waals surface area contributed by atoms with Crippen molar-refractivity contribution >= 4 is 11.6 Å². The van der Waals surface area contributed by atoms with Gasteiger partial charge >= 0.3 is 0 Å². The third-order valence-electron chi connectivity index (χ3n) is 3.17. The van der Waals surface area contributed by atoms with Crippen LogP contribution >= 0.6 is 0 Å². The summed E-state index contributed by atoms with van der Waals surface area (Å²) in [6.45, 7) is 7.53. The van der Waals surface area contributed by atoms with Gasteiger partial charge in [0, 0.05) is 18.2 Å². The van der Waals surface area contributed by atoms with Crippen LogP contribution in [-0.4, -0.2) is 41.5 Å². The van der Waals surface area contributed by atoms with E-state index in [9.17, 15) is 0 Å². The summed E-state index contributed by atoms with van der Waals surface area (Å²) in [6, 6.07) is 0.347. The van der Waals surface area contributed by atoms with Crippen LogP contribution in [0.3, 0.4) is 0 Å². The molecule has 0 saturated heterocycles. The lowest BCUT2D eigenvalue weighted by Gasteiger charge is -2.27. The van der Waals surface area contributed by atoms with Crippen LogP contribution in [0.2, 0.25) is 0 Å². The monoisotopic (exact) mass is 265 g/mol. The Kier molecular flexibility index (Phi) is 6.02. The van der Waals surface area contributed by atoms with E-state index in [2.05, 4.69) is 55.1 Å². The van der Waals surface area contributed by atoms with E-state index >= 15 is 0 Å². The highest BCUT2D eigenvalue weighted by atomic mass is 15.1. The Morgan fingerprint density at radius 2 is 2.00 bits per heavy atom. The number of nitrogen functional groups attached to an aromatic ring is 1. The zero-order valence-corrected chi connectivity index (χ0v) is 12.8. The minimum Gasteiger partial charge on any atom is -0.383 e. The zero-order chi connectivity index (χ0) is 14.4. The highest BCUT2D eigenvalue weighted by Crippen LogP contribution is 2.21. The molecule has 0 aromatic carbocycles. The van der Waals surface area contributed by atoms with E-state index in [0.29, 0.717) is 17.8 Å². The first-order valence-corrected chi connectivity index (χ1v) is 6.96. The van der Waals surface area contributed by atoms with Crippen LogP contribution in [0.4, 0.5) is 11.6 Å². The molecule has 1 aromatic rings. The predicted octanol–water partition coefficient (Wildman–Crippen LogP) is 2.01. The lowest BCUT2D eigenvalue weighted by atomic mass is 10.0. The summed E-state index contributed by atoms with van der Waals surface area (Å²) >= 11 is 0. The molecule has 0 aliphatic heterocycles. The first-order valence-electron chi connectivity index (χ1n) is 6.96. The highest BCUT2D eigenvalue weighted by molar-refractivity contribution is 5.55. The molecular weight excluding hydrogens is 238 g/mol. The summed E-state index contributed by atoms with van der Waals surface area (Å²) in [7, 11) is 4.16. The van der Waals surface area contributed by atoms with Crippen LogP contribution in [0.25, 0.3) is 0 Å². The lowest BCUT2D eigenvalue weighted by Crippen LogP contribution is -2.37. The van der Waals surface area contributed by atoms with E-state index in [1.165, 1.54) is 6.33 Å². The van der Waals surface area contributed by atoms with Crippen molar-refractivity contribution in [3.63, 3.8) is 0 Å². The maximum Gasteiger partial charge on any atom is 0.134 e. The summed E-state index contributed by atoms with van der Waals surface area (Å²) in [5.74, 6) is 2.00. The van der Waals surface area contributed by atoms with Crippen molar-refractivity contribution in [2.24, 2.45) is 5.92 Å². The van der Waals surface area contributed by atoms with Gasteiger partial charge in [-0.25, -0.2) is 9.97 Å². The molecule has 1 unspecified atom stereocenters. The Bertz CT molecular complexity index is 389. The SMILES string of the molecule is CCCc1c(N)ncnc1NC(CN(C)C)C(C)C. The molecular formula is C14H27N5. The Balaban J connectivity index is 2.92. The van der Waals surface area contributed by atoms with E-state index in [0.717, 1.165) is 30.8 Å². The molecule has 5 heteroatoms. The lowest BCUT2D eigenvalue weighted by molar-refractivity contribution is 0.344. The molecule has 0 aliphatic rings. The first kappa shape index (κ1) is 15.7. The van der Waals surface area contributed by atoms with E-state index in [-0.39, 0.29) is 0 Å². The molecule has 0 aliphatic carbocycles. The molecule has 1 heterocycles. The van der Waals surface area contributed by atoms with Crippen LogP contribution in [-0.2, 0) is 6.42 Å². The largest absolute Gasteiger partial charge is 0.383 e. The molecule has 19 heavy (non-hydrogen) atoms. The van der Waals surface area contributed by atoms with Crippen LogP contribution in [0.5, 0.6) is 0 Å². The van der Waals surface area contributed by atoms with Gasteiger partial charge in [-0.1, -0.05) is 27.2 Å². The number of hydrogen-bond donors (Lipinski definition) is 2. The fourth-order valence-corrected chi connectivity index (χ4v) is 2.04. The number of rotatable bonds is 7. The second-order valence-electron chi connectivity index (χ2n) is 5.59. The van der Waals surface area contributed by atoms with Gasteiger partial charge in [-0.15, -0.1) is 0 Å². The molecule has 0 saturated carbocycles. The fourth-order valence-electron chi connectivity index (χ4n) is 2.04. The van der Waals surface area contributed by atoms with Gasteiger partial charge in [-0.05, 0) is 26.4 Å². The molecule has 5 nitrogen and oxygen atoms in total. The minimum absolute atomic E-state index is 0.347. The predicted molar refractivity (Wildman–Crippen MR) is 81.2 cm³/mol. The molecule has 0 fully saturated rings. The van der Waals surface area contributed by atoms with Gasteiger partial charge in [0.05, 0.1) is 0 Å². The normalized spacial score (nSPS) is 13.0. The quantitative estimate of drug-likeness (QED) is 0.789. The van der Waals surface area contributed by atoms with Crippen molar-refractivity contribution in [3.8, 4) is 0 Å². The minimum atomic E-state index is 0.347. The standard InChI is InChI=1S/C14H27N5/c1-6-7-11-13(15)16-9-17-14(11)18-12(10(2)3)8-19(4)5/h9-10,12H,6-8H2,1-5H3,(H3,15,16,17,18). The molecule has 1 aromatic heterocycles.